The van der Waals surface area contributed by atoms with Gasteiger partial charge in [0.2, 0.25) is 0 Å². The van der Waals surface area contributed by atoms with Gasteiger partial charge in [-0.2, -0.15) is 0 Å². The van der Waals surface area contributed by atoms with Crippen molar-refractivity contribution in [3.63, 3.8) is 0 Å². The van der Waals surface area contributed by atoms with Crippen molar-refractivity contribution >= 4 is 11.2 Å². The molecule has 22 heavy (non-hydrogen) atoms. The summed E-state index contributed by atoms with van der Waals surface area (Å²) in [6.07, 6.45) is 6.41. The minimum atomic E-state index is 0.694. The van der Waals surface area contributed by atoms with Crippen LogP contribution in [0.5, 0.6) is 0 Å². The second-order valence-corrected chi connectivity index (χ2v) is 6.35. The van der Waals surface area contributed by atoms with Gasteiger partial charge in [-0.25, -0.2) is 9.97 Å². The summed E-state index contributed by atoms with van der Waals surface area (Å²) in [5, 5.41) is 0. The maximum atomic E-state index is 5.18. The lowest BCUT2D eigenvalue weighted by Crippen LogP contribution is -2.34. The number of rotatable bonds is 6. The van der Waals surface area contributed by atoms with Gasteiger partial charge in [-0.15, -0.1) is 0 Å². The number of methoxy groups -OCH3 is 1. The highest BCUT2D eigenvalue weighted by molar-refractivity contribution is 5.71. The summed E-state index contributed by atoms with van der Waals surface area (Å²) in [4.78, 5) is 11.8. The van der Waals surface area contributed by atoms with Crippen LogP contribution in [0.15, 0.2) is 18.3 Å². The molecule has 1 atom stereocenters. The molecule has 0 aliphatic carbocycles. The Morgan fingerprint density at radius 3 is 3.14 bits per heavy atom. The van der Waals surface area contributed by atoms with Gasteiger partial charge in [0.15, 0.2) is 5.65 Å². The number of imidazole rings is 1. The topological polar surface area (TPSA) is 43.2 Å². The summed E-state index contributed by atoms with van der Waals surface area (Å²) in [7, 11) is 3.97. The first-order valence-electron chi connectivity index (χ1n) is 8.25. The molecular weight excluding hydrogens is 276 g/mol. The zero-order valence-corrected chi connectivity index (χ0v) is 13.7. The zero-order chi connectivity index (χ0) is 15.4. The first-order chi connectivity index (χ1) is 10.8. The number of aryl methyl sites for hydroxylation is 1. The lowest BCUT2D eigenvalue weighted by Gasteiger charge is -2.30. The largest absolute Gasteiger partial charge is 0.385 e. The maximum Gasteiger partial charge on any atom is 0.159 e. The summed E-state index contributed by atoms with van der Waals surface area (Å²) in [5.41, 5.74) is 2.04. The van der Waals surface area contributed by atoms with Gasteiger partial charge in [-0.1, -0.05) is 0 Å². The van der Waals surface area contributed by atoms with Crippen molar-refractivity contribution in [3.8, 4) is 0 Å². The summed E-state index contributed by atoms with van der Waals surface area (Å²) in [5.74, 6) is 1.85. The van der Waals surface area contributed by atoms with Crippen LogP contribution in [0, 0.1) is 5.92 Å². The number of nitrogens with zero attached hydrogens (tertiary/aromatic N) is 4. The van der Waals surface area contributed by atoms with E-state index in [1.807, 2.05) is 12.3 Å². The molecule has 1 unspecified atom stereocenters. The van der Waals surface area contributed by atoms with Gasteiger partial charge in [0.25, 0.3) is 0 Å². The van der Waals surface area contributed by atoms with E-state index in [1.54, 1.807) is 7.11 Å². The van der Waals surface area contributed by atoms with Crippen LogP contribution in [0.3, 0.4) is 0 Å². The summed E-state index contributed by atoms with van der Waals surface area (Å²) >= 11 is 0. The molecule has 5 heteroatoms. The van der Waals surface area contributed by atoms with Gasteiger partial charge in [0.05, 0.1) is 0 Å². The Morgan fingerprint density at radius 2 is 2.32 bits per heavy atom. The van der Waals surface area contributed by atoms with Gasteiger partial charge in [0, 0.05) is 39.4 Å². The Bertz CT molecular complexity index is 610. The molecule has 0 amide bonds. The van der Waals surface area contributed by atoms with E-state index in [4.69, 9.17) is 9.72 Å². The molecule has 0 radical (unpaired) electrons. The highest BCUT2D eigenvalue weighted by Crippen LogP contribution is 2.22. The highest BCUT2D eigenvalue weighted by Gasteiger charge is 2.20. The lowest BCUT2D eigenvalue weighted by molar-refractivity contribution is 0.189. The zero-order valence-electron chi connectivity index (χ0n) is 13.7. The predicted octanol–water partition coefficient (Wildman–Crippen LogP) is 2.35. The van der Waals surface area contributed by atoms with E-state index in [0.717, 1.165) is 43.0 Å². The Kier molecular flexibility index (Phi) is 5.05. The van der Waals surface area contributed by atoms with E-state index in [2.05, 4.69) is 27.6 Å². The molecule has 1 fully saturated rings. The van der Waals surface area contributed by atoms with Crippen LogP contribution in [0.25, 0.3) is 11.2 Å². The fraction of sp³-hybridized carbons (Fsp3) is 0.647. The van der Waals surface area contributed by atoms with Crippen LogP contribution < -0.4 is 0 Å². The van der Waals surface area contributed by atoms with Gasteiger partial charge in [0.1, 0.15) is 11.3 Å². The molecule has 0 saturated carbocycles. The Labute approximate surface area is 132 Å². The molecule has 1 saturated heterocycles. The van der Waals surface area contributed by atoms with Crippen LogP contribution in [-0.2, 0) is 17.7 Å². The van der Waals surface area contributed by atoms with Crippen LogP contribution in [0.2, 0.25) is 0 Å². The molecule has 120 valence electrons. The fourth-order valence-corrected chi connectivity index (χ4v) is 3.44. The van der Waals surface area contributed by atoms with Crippen LogP contribution in [0.1, 0.15) is 25.1 Å². The highest BCUT2D eigenvalue weighted by atomic mass is 16.5. The normalized spacial score (nSPS) is 19.8. The quantitative estimate of drug-likeness (QED) is 0.768. The molecule has 0 spiro atoms. The smallest absolute Gasteiger partial charge is 0.159 e. The second kappa shape index (κ2) is 7.20. The lowest BCUT2D eigenvalue weighted by atomic mass is 9.98. The van der Waals surface area contributed by atoms with Crippen molar-refractivity contribution in [3.05, 3.63) is 24.2 Å². The van der Waals surface area contributed by atoms with Crippen molar-refractivity contribution in [1.29, 1.82) is 0 Å². The van der Waals surface area contributed by atoms with E-state index < -0.39 is 0 Å². The first kappa shape index (κ1) is 15.4. The number of hydrogen-bond acceptors (Lipinski definition) is 4. The van der Waals surface area contributed by atoms with Crippen molar-refractivity contribution < 1.29 is 4.74 Å². The number of piperidine rings is 1. The number of ether oxygens (including phenoxy) is 1. The molecular formula is C17H26N4O. The average Bonchev–Trinajstić information content (AvgIpc) is 2.86. The van der Waals surface area contributed by atoms with Crippen molar-refractivity contribution in [2.24, 2.45) is 5.92 Å². The third kappa shape index (κ3) is 3.47. The molecule has 1 aliphatic rings. The molecule has 0 N–H and O–H groups in total. The van der Waals surface area contributed by atoms with Crippen LogP contribution in [0.4, 0.5) is 0 Å². The SMILES string of the molecule is COCCCc1nc2cccnc2n1CC1CCCN(C)C1. The summed E-state index contributed by atoms with van der Waals surface area (Å²) < 4.78 is 7.52. The van der Waals surface area contributed by atoms with Gasteiger partial charge in [-0.3, -0.25) is 0 Å². The van der Waals surface area contributed by atoms with Crippen molar-refractivity contribution in [2.75, 3.05) is 33.9 Å². The minimum absolute atomic E-state index is 0.694. The Hall–Kier alpha value is -1.46. The molecule has 0 bridgehead atoms. The van der Waals surface area contributed by atoms with E-state index in [1.165, 1.54) is 25.9 Å². The molecule has 3 rings (SSSR count). The minimum Gasteiger partial charge on any atom is -0.385 e. The summed E-state index contributed by atoms with van der Waals surface area (Å²) in [6, 6.07) is 4.03. The Balaban J connectivity index is 1.82. The summed E-state index contributed by atoms with van der Waals surface area (Å²) in [6.45, 7) is 4.20. The van der Waals surface area contributed by atoms with E-state index >= 15 is 0 Å². The standard InChI is InChI=1S/C17H26N4O/c1-20-10-4-6-14(12-20)13-21-16(8-5-11-22-2)19-15-7-3-9-18-17(15)21/h3,7,9,14H,4-6,8,10-13H2,1-2H3. The number of fused-ring (bicyclic) bond motifs is 1. The first-order valence-corrected chi connectivity index (χ1v) is 8.25. The van der Waals surface area contributed by atoms with E-state index in [0.29, 0.717) is 5.92 Å². The Morgan fingerprint density at radius 1 is 1.41 bits per heavy atom. The van der Waals surface area contributed by atoms with Gasteiger partial charge in [-0.05, 0) is 50.9 Å². The monoisotopic (exact) mass is 302 g/mol. The maximum absolute atomic E-state index is 5.18. The van der Waals surface area contributed by atoms with Crippen LogP contribution >= 0.6 is 0 Å². The van der Waals surface area contributed by atoms with E-state index in [9.17, 15) is 0 Å². The number of pyridine rings is 1. The third-order valence-electron chi connectivity index (χ3n) is 4.49. The van der Waals surface area contributed by atoms with Crippen molar-refractivity contribution in [1.82, 2.24) is 19.4 Å². The second-order valence-electron chi connectivity index (χ2n) is 6.35. The molecule has 3 heterocycles. The number of aromatic nitrogens is 3. The molecule has 0 aromatic carbocycles. The van der Waals surface area contributed by atoms with Gasteiger partial charge >= 0.3 is 0 Å². The van der Waals surface area contributed by atoms with Crippen LogP contribution in [-0.4, -0.2) is 53.3 Å². The fourth-order valence-electron chi connectivity index (χ4n) is 3.44. The number of likely N-dealkylation sites (tertiary alicyclic amines) is 1. The van der Waals surface area contributed by atoms with E-state index in [-0.39, 0.29) is 0 Å². The molecule has 5 nitrogen and oxygen atoms in total. The predicted molar refractivity (Wildman–Crippen MR) is 87.9 cm³/mol. The average molecular weight is 302 g/mol. The van der Waals surface area contributed by atoms with Crippen molar-refractivity contribution in [2.45, 2.75) is 32.2 Å². The molecule has 1 aliphatic heterocycles. The number of hydrogen-bond donors (Lipinski definition) is 0. The van der Waals surface area contributed by atoms with Gasteiger partial charge < -0.3 is 14.2 Å². The molecule has 2 aromatic heterocycles. The molecule has 2 aromatic rings. The third-order valence-corrected chi connectivity index (χ3v) is 4.49.